The topological polar surface area (TPSA) is 87.9 Å². The average molecular weight is 399 g/mol. The van der Waals surface area contributed by atoms with Crippen LogP contribution in [0.25, 0.3) is 0 Å². The third kappa shape index (κ3) is 3.43. The first kappa shape index (κ1) is 20.1. The van der Waals surface area contributed by atoms with E-state index in [2.05, 4.69) is 43.2 Å². The van der Waals surface area contributed by atoms with Crippen LogP contribution in [-0.4, -0.2) is 28.3 Å². The molecule has 6 nitrogen and oxygen atoms in total. The summed E-state index contributed by atoms with van der Waals surface area (Å²) < 4.78 is 6.22. The number of rotatable bonds is 4. The number of nitrogens with one attached hydrogen (secondary N) is 1. The zero-order valence-corrected chi connectivity index (χ0v) is 17.3. The predicted octanol–water partition coefficient (Wildman–Crippen LogP) is 3.92. The summed E-state index contributed by atoms with van der Waals surface area (Å²) in [5, 5.41) is 20.4. The lowest BCUT2D eigenvalue weighted by molar-refractivity contribution is -0.164. The summed E-state index contributed by atoms with van der Waals surface area (Å²) in [5.74, 6) is 0.350. The zero-order valence-electron chi connectivity index (χ0n) is 16.6. The number of ether oxygens (including phenoxy) is 1. The number of carbonyl (C=O) groups excluding carboxylic acids is 1. The number of aromatic nitrogens is 2. The molecule has 1 heterocycles. The molecule has 0 radical (unpaired) electrons. The van der Waals surface area contributed by atoms with Crippen LogP contribution in [0.15, 0.2) is 30.3 Å². The second kappa shape index (κ2) is 7.06. The third-order valence-electron chi connectivity index (χ3n) is 5.46. The second-order valence-electron chi connectivity index (χ2n) is 8.36. The van der Waals surface area contributed by atoms with Crippen LogP contribution >= 0.6 is 11.6 Å². The molecule has 0 unspecified atom stereocenters. The molecule has 0 spiro atoms. The van der Waals surface area contributed by atoms with Crippen LogP contribution in [0.1, 0.15) is 49.4 Å². The largest absolute Gasteiger partial charge is 0.489 e. The van der Waals surface area contributed by atoms with Crippen LogP contribution in [0.5, 0.6) is 5.75 Å². The van der Waals surface area contributed by atoms with E-state index in [4.69, 9.17) is 21.6 Å². The van der Waals surface area contributed by atoms with Gasteiger partial charge in [0.25, 0.3) is 5.91 Å². The Morgan fingerprint density at radius 1 is 1.18 bits per heavy atom. The van der Waals surface area contributed by atoms with Gasteiger partial charge in [0.05, 0.1) is 16.3 Å². The van der Waals surface area contributed by atoms with Crippen LogP contribution in [0, 0.1) is 29.1 Å². The molecule has 0 bridgehead atoms. The zero-order chi connectivity index (χ0) is 20.7. The Labute approximate surface area is 169 Å². The molecule has 0 aliphatic heterocycles. The number of benzene rings is 1. The molecule has 0 atom stereocenters. The molecule has 1 aliphatic rings. The lowest BCUT2D eigenvalue weighted by Crippen LogP contribution is -2.74. The van der Waals surface area contributed by atoms with Crippen molar-refractivity contribution < 1.29 is 9.53 Å². The number of amides is 1. The smallest absolute Gasteiger partial charge is 0.272 e. The normalized spacial score (nSPS) is 21.9. The molecule has 28 heavy (non-hydrogen) atoms. The molecule has 1 aromatic heterocycles. The minimum absolute atomic E-state index is 0.116. The summed E-state index contributed by atoms with van der Waals surface area (Å²) in [7, 11) is 0. The first-order valence-electron chi connectivity index (χ1n) is 9.05. The van der Waals surface area contributed by atoms with Crippen molar-refractivity contribution in [2.24, 2.45) is 10.8 Å². The Morgan fingerprint density at radius 2 is 1.86 bits per heavy atom. The monoisotopic (exact) mass is 398 g/mol. The minimum atomic E-state index is -0.322. The number of nitriles is 1. The maximum Gasteiger partial charge on any atom is 0.272 e. The van der Waals surface area contributed by atoms with E-state index in [0.717, 1.165) is 5.69 Å². The van der Waals surface area contributed by atoms with Gasteiger partial charge in [-0.3, -0.25) is 4.79 Å². The Bertz CT molecular complexity index is 932. The van der Waals surface area contributed by atoms with Crippen molar-refractivity contribution in [1.29, 1.82) is 5.26 Å². The number of halogens is 1. The lowest BCUT2D eigenvalue weighted by Gasteiger charge is -2.63. The molecule has 1 aromatic carbocycles. The van der Waals surface area contributed by atoms with Crippen LogP contribution in [0.3, 0.4) is 0 Å². The fraction of sp³-hybridized carbons (Fsp3) is 0.429. The van der Waals surface area contributed by atoms with Gasteiger partial charge in [-0.05, 0) is 31.2 Å². The fourth-order valence-corrected chi connectivity index (χ4v) is 4.53. The average Bonchev–Trinajstić information content (AvgIpc) is 2.64. The maximum atomic E-state index is 12.6. The van der Waals surface area contributed by atoms with Gasteiger partial charge in [-0.2, -0.15) is 10.4 Å². The third-order valence-corrected chi connectivity index (χ3v) is 5.77. The Hall–Kier alpha value is -2.65. The SMILES string of the molecule is Cc1ccc(C(=O)NC2C(C)(C)C(Oc3ccc(C#N)c(Cl)c3)C2(C)C)nn1. The van der Waals surface area contributed by atoms with Gasteiger partial charge >= 0.3 is 0 Å². The standard InChI is InChI=1S/C21H23ClN4O2/c1-12-6-9-16(26-25-12)17(27)24-18-20(2,3)19(21(18,4)5)28-14-8-7-13(11-23)15(22)10-14/h6-10,18-19H,1-5H3,(H,24,27). The van der Waals surface area contributed by atoms with Gasteiger partial charge in [0.2, 0.25) is 0 Å². The molecule has 2 aromatic rings. The van der Waals surface area contributed by atoms with Gasteiger partial charge in [-0.1, -0.05) is 39.3 Å². The van der Waals surface area contributed by atoms with Crippen LogP contribution in [0.4, 0.5) is 0 Å². The van der Waals surface area contributed by atoms with Crippen molar-refractivity contribution in [2.75, 3.05) is 0 Å². The summed E-state index contributed by atoms with van der Waals surface area (Å²) >= 11 is 6.12. The molecule has 1 aliphatic carbocycles. The molecule has 3 rings (SSSR count). The van der Waals surface area contributed by atoms with Gasteiger partial charge < -0.3 is 10.1 Å². The van der Waals surface area contributed by atoms with Gasteiger partial charge in [-0.15, -0.1) is 5.10 Å². The predicted molar refractivity (Wildman–Crippen MR) is 106 cm³/mol. The summed E-state index contributed by atoms with van der Waals surface area (Å²) in [6.45, 7) is 10.0. The first-order chi connectivity index (χ1) is 13.1. The summed E-state index contributed by atoms with van der Waals surface area (Å²) in [6, 6.07) is 10.4. The summed E-state index contributed by atoms with van der Waals surface area (Å²) in [5.41, 5.74) is 0.816. The van der Waals surface area contributed by atoms with E-state index >= 15 is 0 Å². The number of nitrogens with zero attached hydrogens (tertiary/aromatic N) is 3. The number of hydrogen-bond donors (Lipinski definition) is 1. The highest BCUT2D eigenvalue weighted by atomic mass is 35.5. The van der Waals surface area contributed by atoms with E-state index < -0.39 is 0 Å². The van der Waals surface area contributed by atoms with E-state index in [0.29, 0.717) is 22.0 Å². The minimum Gasteiger partial charge on any atom is -0.489 e. The number of hydrogen-bond acceptors (Lipinski definition) is 5. The van der Waals surface area contributed by atoms with E-state index in [1.54, 1.807) is 30.3 Å². The molecule has 1 saturated carbocycles. The molecule has 1 amide bonds. The van der Waals surface area contributed by atoms with E-state index in [1.807, 2.05) is 13.0 Å². The van der Waals surface area contributed by atoms with Gasteiger partial charge in [0, 0.05) is 22.9 Å². The van der Waals surface area contributed by atoms with Gasteiger partial charge in [0.1, 0.15) is 17.9 Å². The van der Waals surface area contributed by atoms with Crippen LogP contribution < -0.4 is 10.1 Å². The van der Waals surface area contributed by atoms with Crippen molar-refractivity contribution in [3.63, 3.8) is 0 Å². The van der Waals surface area contributed by atoms with Crippen LogP contribution in [0.2, 0.25) is 5.02 Å². The number of carbonyl (C=O) groups is 1. The van der Waals surface area contributed by atoms with Crippen molar-refractivity contribution >= 4 is 17.5 Å². The lowest BCUT2D eigenvalue weighted by atomic mass is 9.49. The summed E-state index contributed by atoms with van der Waals surface area (Å²) in [4.78, 5) is 12.6. The molecular weight excluding hydrogens is 376 g/mol. The van der Waals surface area contributed by atoms with Crippen molar-refractivity contribution in [3.05, 3.63) is 52.3 Å². The van der Waals surface area contributed by atoms with E-state index in [1.165, 1.54) is 0 Å². The molecule has 146 valence electrons. The molecule has 0 saturated heterocycles. The molecule has 1 N–H and O–H groups in total. The van der Waals surface area contributed by atoms with E-state index in [-0.39, 0.29) is 28.9 Å². The van der Waals surface area contributed by atoms with Crippen molar-refractivity contribution in [1.82, 2.24) is 15.5 Å². The Morgan fingerprint density at radius 3 is 2.39 bits per heavy atom. The highest BCUT2D eigenvalue weighted by Crippen LogP contribution is 2.55. The first-order valence-corrected chi connectivity index (χ1v) is 9.42. The van der Waals surface area contributed by atoms with Crippen LogP contribution in [-0.2, 0) is 0 Å². The highest BCUT2D eigenvalue weighted by Gasteiger charge is 2.64. The quantitative estimate of drug-likeness (QED) is 0.843. The molecule has 7 heteroatoms. The highest BCUT2D eigenvalue weighted by molar-refractivity contribution is 6.31. The molecular formula is C21H23ClN4O2. The second-order valence-corrected chi connectivity index (χ2v) is 8.77. The van der Waals surface area contributed by atoms with Gasteiger partial charge in [-0.25, -0.2) is 0 Å². The summed E-state index contributed by atoms with van der Waals surface area (Å²) in [6.07, 6.45) is -0.154. The van der Waals surface area contributed by atoms with Gasteiger partial charge in [0.15, 0.2) is 5.69 Å². The van der Waals surface area contributed by atoms with Crippen molar-refractivity contribution in [2.45, 2.75) is 46.8 Å². The Balaban J connectivity index is 1.76. The molecule has 1 fully saturated rings. The Kier molecular flexibility index (Phi) is 5.07. The van der Waals surface area contributed by atoms with E-state index in [9.17, 15) is 4.79 Å². The van der Waals surface area contributed by atoms with Crippen molar-refractivity contribution in [3.8, 4) is 11.8 Å². The fourth-order valence-electron chi connectivity index (χ4n) is 4.32. The number of aryl methyl sites for hydroxylation is 1. The maximum absolute atomic E-state index is 12.6.